The topological polar surface area (TPSA) is 44.2 Å². The van der Waals surface area contributed by atoms with Crippen LogP contribution in [0.3, 0.4) is 0 Å². The molecule has 20 heavy (non-hydrogen) atoms. The Labute approximate surface area is 123 Å². The highest BCUT2D eigenvalue weighted by Gasteiger charge is 2.51. The minimum Gasteiger partial charge on any atom is -0.399 e. The molecule has 6 heteroatoms. The van der Waals surface area contributed by atoms with Gasteiger partial charge in [0.25, 0.3) is 0 Å². The van der Waals surface area contributed by atoms with Crippen molar-refractivity contribution in [2.45, 2.75) is 38.9 Å². The molecule has 2 aromatic heterocycles. The molecule has 2 aromatic rings. The molecular formula is C14H17BN2O2S. The van der Waals surface area contributed by atoms with Gasteiger partial charge in [0.05, 0.1) is 27.3 Å². The van der Waals surface area contributed by atoms with Crippen molar-refractivity contribution < 1.29 is 9.31 Å². The van der Waals surface area contributed by atoms with Crippen molar-refractivity contribution in [1.82, 2.24) is 9.97 Å². The average molecular weight is 288 g/mol. The molecule has 0 saturated carbocycles. The molecule has 1 fully saturated rings. The lowest BCUT2D eigenvalue weighted by Crippen LogP contribution is -2.41. The van der Waals surface area contributed by atoms with Crippen molar-refractivity contribution in [2.24, 2.45) is 0 Å². The molecule has 0 aromatic carbocycles. The molecule has 1 saturated heterocycles. The summed E-state index contributed by atoms with van der Waals surface area (Å²) in [5.74, 6) is 0. The number of hydrogen-bond donors (Lipinski definition) is 0. The van der Waals surface area contributed by atoms with Gasteiger partial charge < -0.3 is 9.31 Å². The molecule has 3 rings (SSSR count). The molecule has 0 amide bonds. The molecule has 0 spiro atoms. The van der Waals surface area contributed by atoms with Crippen LogP contribution in [-0.4, -0.2) is 28.3 Å². The largest absolute Gasteiger partial charge is 0.494 e. The second-order valence-electron chi connectivity index (χ2n) is 5.93. The maximum Gasteiger partial charge on any atom is 0.494 e. The third kappa shape index (κ3) is 2.28. The lowest BCUT2D eigenvalue weighted by molar-refractivity contribution is 0.00578. The molecule has 1 aliphatic heterocycles. The van der Waals surface area contributed by atoms with E-state index in [0.717, 1.165) is 16.0 Å². The zero-order chi connectivity index (χ0) is 14.4. The third-order valence-electron chi connectivity index (χ3n) is 3.99. The Morgan fingerprint density at radius 1 is 1.15 bits per heavy atom. The Morgan fingerprint density at radius 3 is 2.45 bits per heavy atom. The van der Waals surface area contributed by atoms with Crippen LogP contribution in [0.1, 0.15) is 27.7 Å². The predicted octanol–water partition coefficient (Wildman–Crippen LogP) is 2.50. The van der Waals surface area contributed by atoms with E-state index in [-0.39, 0.29) is 18.3 Å². The summed E-state index contributed by atoms with van der Waals surface area (Å²) < 4.78 is 12.1. The summed E-state index contributed by atoms with van der Waals surface area (Å²) in [5.41, 5.74) is 3.04. The van der Waals surface area contributed by atoms with Crippen LogP contribution in [0.5, 0.6) is 0 Å². The molecular weight excluding hydrogens is 271 g/mol. The fourth-order valence-corrected chi connectivity index (χ4v) is 2.64. The minimum atomic E-state index is -0.352. The van der Waals surface area contributed by atoms with Crippen LogP contribution in [0, 0.1) is 0 Å². The van der Waals surface area contributed by atoms with Crippen LogP contribution in [0.15, 0.2) is 30.0 Å². The molecule has 0 aliphatic carbocycles. The maximum atomic E-state index is 6.06. The Balaban J connectivity index is 1.91. The summed E-state index contributed by atoms with van der Waals surface area (Å²) in [6.07, 6.45) is 3.61. The van der Waals surface area contributed by atoms with Gasteiger partial charge in [-0.25, -0.2) is 0 Å². The number of thiazole rings is 1. The highest BCUT2D eigenvalue weighted by atomic mass is 32.1. The molecule has 0 radical (unpaired) electrons. The predicted molar refractivity (Wildman–Crippen MR) is 81.1 cm³/mol. The van der Waals surface area contributed by atoms with Crippen LogP contribution in [0.4, 0.5) is 0 Å². The lowest BCUT2D eigenvalue weighted by atomic mass is 9.79. The highest BCUT2D eigenvalue weighted by molar-refractivity contribution is 7.13. The smallest absolute Gasteiger partial charge is 0.399 e. The van der Waals surface area contributed by atoms with E-state index in [1.54, 1.807) is 23.0 Å². The monoisotopic (exact) mass is 288 g/mol. The molecule has 4 nitrogen and oxygen atoms in total. The highest BCUT2D eigenvalue weighted by Crippen LogP contribution is 2.36. The summed E-state index contributed by atoms with van der Waals surface area (Å²) in [5, 5.41) is 0. The van der Waals surface area contributed by atoms with Gasteiger partial charge >= 0.3 is 7.12 Å². The molecule has 0 N–H and O–H groups in total. The van der Waals surface area contributed by atoms with Gasteiger partial charge in [0.1, 0.15) is 0 Å². The Hall–Kier alpha value is -1.24. The zero-order valence-electron chi connectivity index (χ0n) is 12.1. The van der Waals surface area contributed by atoms with E-state index in [1.165, 1.54) is 0 Å². The van der Waals surface area contributed by atoms with Crippen molar-refractivity contribution in [2.75, 3.05) is 0 Å². The summed E-state index contributed by atoms with van der Waals surface area (Å²) in [6, 6.07) is 3.95. The van der Waals surface area contributed by atoms with Gasteiger partial charge in [-0.05, 0) is 45.3 Å². The zero-order valence-corrected chi connectivity index (χ0v) is 12.9. The van der Waals surface area contributed by atoms with E-state index in [9.17, 15) is 0 Å². The number of nitrogens with zero attached hydrogens (tertiary/aromatic N) is 2. The number of pyridine rings is 1. The van der Waals surface area contributed by atoms with E-state index in [1.807, 2.05) is 18.3 Å². The SMILES string of the molecule is CC1(C)OB(c2ccnc(-c3cncs3)c2)OC1(C)C. The van der Waals surface area contributed by atoms with E-state index in [0.29, 0.717) is 0 Å². The van der Waals surface area contributed by atoms with Gasteiger partial charge in [-0.2, -0.15) is 0 Å². The summed E-state index contributed by atoms with van der Waals surface area (Å²) in [7, 11) is -0.352. The first-order valence-electron chi connectivity index (χ1n) is 6.59. The first-order chi connectivity index (χ1) is 9.39. The molecule has 0 unspecified atom stereocenters. The average Bonchev–Trinajstić information content (AvgIpc) is 2.97. The van der Waals surface area contributed by atoms with Crippen LogP contribution in [0.25, 0.3) is 10.6 Å². The van der Waals surface area contributed by atoms with Crippen molar-refractivity contribution in [3.63, 3.8) is 0 Å². The molecule has 3 heterocycles. The fraction of sp³-hybridized carbons (Fsp3) is 0.429. The van der Waals surface area contributed by atoms with Gasteiger partial charge in [-0.3, -0.25) is 9.97 Å². The molecule has 1 aliphatic rings. The van der Waals surface area contributed by atoms with Crippen molar-refractivity contribution in [3.8, 4) is 10.6 Å². The number of rotatable bonds is 2. The standard InChI is InChI=1S/C14H17BN2O2S/c1-13(2)14(3,4)19-15(18-13)10-5-6-17-11(7-10)12-8-16-9-20-12/h5-9H,1-4H3. The second kappa shape index (κ2) is 4.65. The van der Waals surface area contributed by atoms with Crippen molar-refractivity contribution >= 4 is 23.9 Å². The van der Waals surface area contributed by atoms with Crippen LogP contribution >= 0.6 is 11.3 Å². The van der Waals surface area contributed by atoms with Gasteiger partial charge in [0.15, 0.2) is 0 Å². The normalized spacial score (nSPS) is 20.3. The van der Waals surface area contributed by atoms with E-state index in [2.05, 4.69) is 37.7 Å². The fourth-order valence-electron chi connectivity index (χ4n) is 2.05. The van der Waals surface area contributed by atoms with Gasteiger partial charge in [0.2, 0.25) is 0 Å². The molecule has 0 atom stereocenters. The number of hydrogen-bond acceptors (Lipinski definition) is 5. The first-order valence-corrected chi connectivity index (χ1v) is 7.47. The van der Waals surface area contributed by atoms with Gasteiger partial charge in [0, 0.05) is 12.4 Å². The summed E-state index contributed by atoms with van der Waals surface area (Å²) >= 11 is 1.57. The third-order valence-corrected chi connectivity index (χ3v) is 4.79. The van der Waals surface area contributed by atoms with E-state index >= 15 is 0 Å². The summed E-state index contributed by atoms with van der Waals surface area (Å²) in [4.78, 5) is 9.52. The second-order valence-corrected chi connectivity index (χ2v) is 6.81. The number of aromatic nitrogens is 2. The van der Waals surface area contributed by atoms with E-state index in [4.69, 9.17) is 9.31 Å². The van der Waals surface area contributed by atoms with Gasteiger partial charge in [-0.15, -0.1) is 11.3 Å². The van der Waals surface area contributed by atoms with Crippen LogP contribution in [-0.2, 0) is 9.31 Å². The van der Waals surface area contributed by atoms with E-state index < -0.39 is 0 Å². The van der Waals surface area contributed by atoms with Crippen LogP contribution < -0.4 is 5.46 Å². The Bertz CT molecular complexity index is 597. The van der Waals surface area contributed by atoms with Crippen molar-refractivity contribution in [3.05, 3.63) is 30.0 Å². The molecule has 104 valence electrons. The maximum absolute atomic E-state index is 6.06. The Kier molecular flexibility index (Phi) is 3.19. The lowest BCUT2D eigenvalue weighted by Gasteiger charge is -2.32. The molecule has 0 bridgehead atoms. The Morgan fingerprint density at radius 2 is 1.85 bits per heavy atom. The van der Waals surface area contributed by atoms with Gasteiger partial charge in [-0.1, -0.05) is 0 Å². The summed E-state index contributed by atoms with van der Waals surface area (Å²) in [6.45, 7) is 8.22. The van der Waals surface area contributed by atoms with Crippen molar-refractivity contribution in [1.29, 1.82) is 0 Å². The minimum absolute atomic E-state index is 0.328. The first kappa shape index (κ1) is 13.7. The quantitative estimate of drug-likeness (QED) is 0.796. The van der Waals surface area contributed by atoms with Crippen LogP contribution in [0.2, 0.25) is 0 Å².